The minimum absolute atomic E-state index is 0.0985. The lowest BCUT2D eigenvalue weighted by molar-refractivity contribution is 0.278. The zero-order valence-corrected chi connectivity index (χ0v) is 19.9. The summed E-state index contributed by atoms with van der Waals surface area (Å²) in [6.07, 6.45) is 2.28. The number of thioether (sulfide) groups is 1. The number of rotatable bonds is 5. The maximum Gasteiger partial charge on any atom is 0.227 e. The standard InChI is InChI=1S/C26H22ClN3O2S/c1-15-7-9-17(10-8-15)14-33-26-21-11-20-18(13-31)12-28-16(2)23(20)32-25(21)29-24(30-26)19-5-3-4-6-22(19)27/h3-10,12,31H,11,13-14H2,1-2H3. The van der Waals surface area contributed by atoms with Gasteiger partial charge in [-0.15, -0.1) is 11.8 Å². The van der Waals surface area contributed by atoms with Crippen LogP contribution in [0.3, 0.4) is 0 Å². The lowest BCUT2D eigenvalue weighted by atomic mass is 9.99. The Balaban J connectivity index is 1.60. The third kappa shape index (κ3) is 4.34. The molecule has 1 N–H and O–H groups in total. The van der Waals surface area contributed by atoms with Crippen molar-refractivity contribution < 1.29 is 9.84 Å². The van der Waals surface area contributed by atoms with E-state index < -0.39 is 0 Å². The highest BCUT2D eigenvalue weighted by Crippen LogP contribution is 2.43. The van der Waals surface area contributed by atoms with Gasteiger partial charge in [0.25, 0.3) is 0 Å². The summed E-state index contributed by atoms with van der Waals surface area (Å²) in [6, 6.07) is 16.0. The molecule has 3 heterocycles. The van der Waals surface area contributed by atoms with Crippen LogP contribution in [0.2, 0.25) is 5.02 Å². The summed E-state index contributed by atoms with van der Waals surface area (Å²) in [5.74, 6) is 2.46. The Kier molecular flexibility index (Phi) is 6.06. The molecule has 5 nitrogen and oxygen atoms in total. The molecule has 0 saturated carbocycles. The summed E-state index contributed by atoms with van der Waals surface area (Å²) in [6.45, 7) is 3.88. The van der Waals surface area contributed by atoms with Crippen molar-refractivity contribution in [3.63, 3.8) is 0 Å². The number of aryl methyl sites for hydroxylation is 2. The summed E-state index contributed by atoms with van der Waals surface area (Å²) in [5, 5.41) is 11.3. The molecule has 7 heteroatoms. The van der Waals surface area contributed by atoms with Gasteiger partial charge in [0, 0.05) is 35.1 Å². The Hall–Kier alpha value is -2.93. The fourth-order valence-corrected chi connectivity index (χ4v) is 5.01. The molecule has 166 valence electrons. The molecule has 0 atom stereocenters. The molecule has 2 aromatic heterocycles. The number of aromatic nitrogens is 3. The first-order valence-corrected chi connectivity index (χ1v) is 12.0. The van der Waals surface area contributed by atoms with Crippen LogP contribution in [-0.4, -0.2) is 20.1 Å². The number of pyridine rings is 1. The number of benzene rings is 2. The summed E-state index contributed by atoms with van der Waals surface area (Å²) < 4.78 is 6.28. The zero-order chi connectivity index (χ0) is 22.9. The van der Waals surface area contributed by atoms with Gasteiger partial charge in [0.2, 0.25) is 5.88 Å². The Morgan fingerprint density at radius 1 is 1.03 bits per heavy atom. The van der Waals surface area contributed by atoms with Crippen LogP contribution in [0.4, 0.5) is 0 Å². The van der Waals surface area contributed by atoms with Gasteiger partial charge in [-0.3, -0.25) is 4.98 Å². The Bertz CT molecular complexity index is 1340. The highest BCUT2D eigenvalue weighted by molar-refractivity contribution is 7.98. The van der Waals surface area contributed by atoms with E-state index in [1.807, 2.05) is 31.2 Å². The van der Waals surface area contributed by atoms with E-state index in [-0.39, 0.29) is 6.61 Å². The molecular weight excluding hydrogens is 454 g/mol. The van der Waals surface area contributed by atoms with Crippen LogP contribution in [0.1, 0.15) is 33.5 Å². The van der Waals surface area contributed by atoms with Crippen molar-refractivity contribution in [1.29, 1.82) is 0 Å². The summed E-state index contributed by atoms with van der Waals surface area (Å²) in [7, 11) is 0. The van der Waals surface area contributed by atoms with Gasteiger partial charge in [-0.25, -0.2) is 4.98 Å². The minimum Gasteiger partial charge on any atom is -0.436 e. The van der Waals surface area contributed by atoms with Gasteiger partial charge in [0.15, 0.2) is 11.6 Å². The van der Waals surface area contributed by atoms with E-state index in [0.29, 0.717) is 28.9 Å². The number of hydrogen-bond donors (Lipinski definition) is 1. The molecule has 0 amide bonds. The maximum absolute atomic E-state index is 9.85. The third-order valence-corrected chi connectivity index (χ3v) is 7.09. The first kappa shape index (κ1) is 21.9. The van der Waals surface area contributed by atoms with Crippen LogP contribution in [-0.2, 0) is 18.8 Å². The third-order valence-electron chi connectivity index (χ3n) is 5.67. The Morgan fingerprint density at radius 3 is 2.58 bits per heavy atom. The summed E-state index contributed by atoms with van der Waals surface area (Å²) >= 11 is 8.11. The number of aliphatic hydroxyl groups is 1. The SMILES string of the molecule is Cc1ccc(CSc2nc(-c3ccccc3Cl)nc3c2Cc2c(CO)cnc(C)c2O3)cc1. The molecule has 0 fully saturated rings. The van der Waals surface area contributed by atoms with E-state index in [1.165, 1.54) is 11.1 Å². The summed E-state index contributed by atoms with van der Waals surface area (Å²) in [4.78, 5) is 14.0. The van der Waals surface area contributed by atoms with Crippen molar-refractivity contribution in [2.45, 2.75) is 37.7 Å². The fourth-order valence-electron chi connectivity index (χ4n) is 3.81. The largest absolute Gasteiger partial charge is 0.436 e. The molecule has 1 aliphatic rings. The molecule has 0 radical (unpaired) electrons. The van der Waals surface area contributed by atoms with Crippen LogP contribution < -0.4 is 4.74 Å². The quantitative estimate of drug-likeness (QED) is 0.238. The lowest BCUT2D eigenvalue weighted by Crippen LogP contribution is -2.13. The van der Waals surface area contributed by atoms with Crippen LogP contribution >= 0.6 is 23.4 Å². The number of fused-ring (bicyclic) bond motifs is 2. The number of ether oxygens (including phenoxy) is 1. The van der Waals surface area contributed by atoms with Gasteiger partial charge in [-0.2, -0.15) is 4.98 Å². The maximum atomic E-state index is 9.85. The van der Waals surface area contributed by atoms with E-state index >= 15 is 0 Å². The molecule has 0 spiro atoms. The van der Waals surface area contributed by atoms with E-state index in [2.05, 4.69) is 36.2 Å². The number of nitrogens with zero attached hydrogens (tertiary/aromatic N) is 3. The molecule has 0 bridgehead atoms. The molecule has 33 heavy (non-hydrogen) atoms. The molecule has 0 saturated heterocycles. The van der Waals surface area contributed by atoms with E-state index in [1.54, 1.807) is 18.0 Å². The van der Waals surface area contributed by atoms with Crippen molar-refractivity contribution >= 4 is 23.4 Å². The smallest absolute Gasteiger partial charge is 0.227 e. The van der Waals surface area contributed by atoms with Gasteiger partial charge in [0.1, 0.15) is 5.03 Å². The topological polar surface area (TPSA) is 68.1 Å². The van der Waals surface area contributed by atoms with E-state index in [9.17, 15) is 5.11 Å². The molecule has 1 aliphatic heterocycles. The van der Waals surface area contributed by atoms with Crippen LogP contribution in [0, 0.1) is 13.8 Å². The predicted molar refractivity (Wildman–Crippen MR) is 131 cm³/mol. The number of hydrogen-bond acceptors (Lipinski definition) is 6. The first-order chi connectivity index (χ1) is 16.0. The molecule has 2 aromatic carbocycles. The van der Waals surface area contributed by atoms with Crippen molar-refractivity contribution in [3.05, 3.63) is 93.3 Å². The van der Waals surface area contributed by atoms with Gasteiger partial charge < -0.3 is 9.84 Å². The molecule has 0 unspecified atom stereocenters. The molecule has 4 aromatic rings. The second-order valence-corrected chi connectivity index (χ2v) is 9.37. The normalized spacial score (nSPS) is 12.1. The monoisotopic (exact) mass is 475 g/mol. The molecule has 0 aliphatic carbocycles. The number of aliphatic hydroxyl groups excluding tert-OH is 1. The van der Waals surface area contributed by atoms with Crippen molar-refractivity contribution in [1.82, 2.24) is 15.0 Å². The summed E-state index contributed by atoms with van der Waals surface area (Å²) in [5.41, 5.74) is 6.57. The number of halogens is 1. The Labute approximate surface area is 201 Å². The van der Waals surface area contributed by atoms with Gasteiger partial charge in [-0.1, -0.05) is 53.6 Å². The van der Waals surface area contributed by atoms with E-state index in [4.69, 9.17) is 26.3 Å². The van der Waals surface area contributed by atoms with Gasteiger partial charge >= 0.3 is 0 Å². The van der Waals surface area contributed by atoms with Crippen LogP contribution in [0.5, 0.6) is 11.6 Å². The zero-order valence-electron chi connectivity index (χ0n) is 18.3. The molecular formula is C26H22ClN3O2S. The van der Waals surface area contributed by atoms with Gasteiger partial charge in [0.05, 0.1) is 22.9 Å². The van der Waals surface area contributed by atoms with Crippen molar-refractivity contribution in [3.8, 4) is 23.0 Å². The average Bonchev–Trinajstić information content (AvgIpc) is 2.83. The first-order valence-electron chi connectivity index (χ1n) is 10.6. The Morgan fingerprint density at radius 2 is 1.82 bits per heavy atom. The lowest BCUT2D eigenvalue weighted by Gasteiger charge is -2.24. The fraction of sp³-hybridized carbons (Fsp3) is 0.192. The minimum atomic E-state index is -0.0985. The predicted octanol–water partition coefficient (Wildman–Crippen LogP) is 6.29. The average molecular weight is 476 g/mol. The highest BCUT2D eigenvalue weighted by Gasteiger charge is 2.28. The van der Waals surface area contributed by atoms with Crippen molar-refractivity contribution in [2.24, 2.45) is 0 Å². The van der Waals surface area contributed by atoms with E-state index in [0.717, 1.165) is 38.7 Å². The second-order valence-electron chi connectivity index (χ2n) is 8.00. The van der Waals surface area contributed by atoms with Crippen LogP contribution in [0.25, 0.3) is 11.4 Å². The van der Waals surface area contributed by atoms with Crippen molar-refractivity contribution in [2.75, 3.05) is 0 Å². The highest BCUT2D eigenvalue weighted by atomic mass is 35.5. The van der Waals surface area contributed by atoms with Gasteiger partial charge in [-0.05, 0) is 31.5 Å². The molecule has 5 rings (SSSR count). The van der Waals surface area contributed by atoms with Crippen LogP contribution in [0.15, 0.2) is 59.8 Å². The second kappa shape index (κ2) is 9.14.